The van der Waals surface area contributed by atoms with Gasteiger partial charge in [0.2, 0.25) is 0 Å². The van der Waals surface area contributed by atoms with Crippen LogP contribution in [0.15, 0.2) is 89.7 Å². The zero-order valence-electron chi connectivity index (χ0n) is 19.4. The Kier molecular flexibility index (Phi) is 6.41. The third kappa shape index (κ3) is 4.85. The molecule has 1 aromatic heterocycles. The van der Waals surface area contributed by atoms with Gasteiger partial charge in [-0.3, -0.25) is 9.59 Å². The highest BCUT2D eigenvalue weighted by molar-refractivity contribution is 5.95. The molecule has 2 heterocycles. The molecule has 1 amide bonds. The number of morpholine rings is 1. The van der Waals surface area contributed by atoms with Crippen molar-refractivity contribution in [2.45, 2.75) is 0 Å². The smallest absolute Gasteiger partial charge is 0.267 e. The average molecular weight is 468 g/mol. The topological polar surface area (TPSA) is 73.7 Å². The first kappa shape index (κ1) is 22.6. The zero-order chi connectivity index (χ0) is 24.2. The molecule has 0 atom stereocenters. The number of carbonyl (C=O) groups is 1. The van der Waals surface area contributed by atoms with Crippen LogP contribution in [0.25, 0.3) is 22.4 Å². The van der Waals surface area contributed by atoms with E-state index in [-0.39, 0.29) is 11.5 Å². The first-order valence-corrected chi connectivity index (χ1v) is 11.5. The van der Waals surface area contributed by atoms with E-state index in [1.807, 2.05) is 66.7 Å². The Morgan fingerprint density at radius 3 is 2.31 bits per heavy atom. The van der Waals surface area contributed by atoms with Crippen molar-refractivity contribution in [2.75, 3.05) is 26.3 Å². The number of nitrogens with zero attached hydrogens (tertiary/aromatic N) is 3. The molecule has 0 spiro atoms. The Morgan fingerprint density at radius 1 is 0.886 bits per heavy atom. The Hall–Kier alpha value is -4.23. The molecule has 176 valence electrons. The van der Waals surface area contributed by atoms with Crippen molar-refractivity contribution in [1.29, 1.82) is 0 Å². The van der Waals surface area contributed by atoms with Crippen LogP contribution < -0.4 is 10.3 Å². The van der Waals surface area contributed by atoms with E-state index in [2.05, 4.69) is 5.10 Å². The molecule has 0 bridgehead atoms. The van der Waals surface area contributed by atoms with Crippen LogP contribution >= 0.6 is 0 Å². The van der Waals surface area contributed by atoms with Gasteiger partial charge in [-0.25, -0.2) is 4.68 Å². The van der Waals surface area contributed by atoms with Gasteiger partial charge in [0.1, 0.15) is 17.2 Å². The third-order valence-corrected chi connectivity index (χ3v) is 5.95. The SMILES string of the molecule is Cn1nc(-c2ccccc2Oc2ccccc2)c(-c2ccc(C(=O)N3CCOCC3)cc2)cc1=O. The van der Waals surface area contributed by atoms with Crippen molar-refractivity contribution in [1.82, 2.24) is 14.7 Å². The molecule has 1 saturated heterocycles. The summed E-state index contributed by atoms with van der Waals surface area (Å²) in [6.45, 7) is 2.27. The summed E-state index contributed by atoms with van der Waals surface area (Å²) in [4.78, 5) is 27.2. The van der Waals surface area contributed by atoms with Crippen LogP contribution in [0.4, 0.5) is 0 Å². The van der Waals surface area contributed by atoms with Gasteiger partial charge in [-0.2, -0.15) is 5.10 Å². The quantitative estimate of drug-likeness (QED) is 0.436. The number of amides is 1. The highest BCUT2D eigenvalue weighted by atomic mass is 16.5. The second-order valence-electron chi connectivity index (χ2n) is 8.26. The molecule has 0 unspecified atom stereocenters. The number of para-hydroxylation sites is 2. The molecule has 0 N–H and O–H groups in total. The van der Waals surface area contributed by atoms with Gasteiger partial charge in [-0.15, -0.1) is 0 Å². The first-order valence-electron chi connectivity index (χ1n) is 11.5. The van der Waals surface area contributed by atoms with Crippen molar-refractivity contribution in [3.63, 3.8) is 0 Å². The van der Waals surface area contributed by atoms with Gasteiger partial charge in [0.25, 0.3) is 11.5 Å². The van der Waals surface area contributed by atoms with Crippen molar-refractivity contribution in [2.24, 2.45) is 7.05 Å². The van der Waals surface area contributed by atoms with Crippen LogP contribution in [-0.4, -0.2) is 46.9 Å². The van der Waals surface area contributed by atoms with Crippen LogP contribution in [0, 0.1) is 0 Å². The molecule has 1 fully saturated rings. The molecule has 0 aliphatic carbocycles. The Morgan fingerprint density at radius 2 is 1.57 bits per heavy atom. The number of hydrogen-bond donors (Lipinski definition) is 0. The third-order valence-electron chi connectivity index (χ3n) is 5.95. The lowest BCUT2D eigenvalue weighted by Crippen LogP contribution is -2.40. The number of aromatic nitrogens is 2. The molecule has 7 heteroatoms. The summed E-state index contributed by atoms with van der Waals surface area (Å²) in [7, 11) is 1.63. The van der Waals surface area contributed by atoms with Crippen LogP contribution in [0.2, 0.25) is 0 Å². The molecular weight excluding hydrogens is 442 g/mol. The van der Waals surface area contributed by atoms with E-state index >= 15 is 0 Å². The molecule has 0 radical (unpaired) electrons. The van der Waals surface area contributed by atoms with Crippen molar-refractivity contribution in [3.8, 4) is 33.9 Å². The number of benzene rings is 3. The number of carbonyl (C=O) groups excluding carboxylic acids is 1. The van der Waals surface area contributed by atoms with Gasteiger partial charge < -0.3 is 14.4 Å². The van der Waals surface area contributed by atoms with Gasteiger partial charge in [-0.1, -0.05) is 42.5 Å². The van der Waals surface area contributed by atoms with E-state index in [1.165, 1.54) is 4.68 Å². The number of aryl methyl sites for hydroxylation is 1. The Balaban J connectivity index is 1.53. The molecule has 4 aromatic rings. The lowest BCUT2D eigenvalue weighted by molar-refractivity contribution is 0.0303. The summed E-state index contributed by atoms with van der Waals surface area (Å²) < 4.78 is 12.8. The number of hydrogen-bond acceptors (Lipinski definition) is 5. The van der Waals surface area contributed by atoms with Crippen LogP contribution in [0.1, 0.15) is 10.4 Å². The highest BCUT2D eigenvalue weighted by Gasteiger charge is 2.20. The maximum atomic E-state index is 12.8. The van der Waals surface area contributed by atoms with E-state index < -0.39 is 0 Å². The predicted octanol–water partition coefficient (Wildman–Crippen LogP) is 4.38. The Labute approximate surface area is 203 Å². The minimum absolute atomic E-state index is 0.0243. The van der Waals surface area contributed by atoms with E-state index in [9.17, 15) is 9.59 Å². The summed E-state index contributed by atoms with van der Waals surface area (Å²) in [5, 5.41) is 4.59. The van der Waals surface area contributed by atoms with Gasteiger partial charge in [0.15, 0.2) is 0 Å². The second kappa shape index (κ2) is 9.95. The standard InChI is InChI=1S/C28H25N3O4/c1-30-26(32)19-24(20-11-13-21(14-12-20)28(33)31-15-17-34-18-16-31)27(29-30)23-9-5-6-10-25(23)35-22-7-3-2-4-8-22/h2-14,19H,15-18H2,1H3. The summed E-state index contributed by atoms with van der Waals surface area (Å²) in [5.41, 5.74) is 3.21. The fourth-order valence-corrected chi connectivity index (χ4v) is 4.07. The van der Waals surface area contributed by atoms with Crippen LogP contribution in [0.5, 0.6) is 11.5 Å². The summed E-state index contributed by atoms with van der Waals surface area (Å²) >= 11 is 0. The summed E-state index contributed by atoms with van der Waals surface area (Å²) in [5.74, 6) is 1.31. The lowest BCUT2D eigenvalue weighted by Gasteiger charge is -2.26. The first-order chi connectivity index (χ1) is 17.1. The minimum Gasteiger partial charge on any atom is -0.457 e. The molecule has 0 saturated carbocycles. The maximum absolute atomic E-state index is 12.8. The average Bonchev–Trinajstić information content (AvgIpc) is 2.91. The fourth-order valence-electron chi connectivity index (χ4n) is 4.07. The van der Waals surface area contributed by atoms with Gasteiger partial charge in [-0.05, 0) is 42.0 Å². The summed E-state index contributed by atoms with van der Waals surface area (Å²) in [6, 6.07) is 26.0. The summed E-state index contributed by atoms with van der Waals surface area (Å²) in [6.07, 6.45) is 0. The van der Waals surface area contributed by atoms with E-state index in [0.29, 0.717) is 54.6 Å². The fraction of sp³-hybridized carbons (Fsp3) is 0.179. The van der Waals surface area contributed by atoms with Crippen molar-refractivity contribution < 1.29 is 14.3 Å². The van der Waals surface area contributed by atoms with Gasteiger partial charge >= 0.3 is 0 Å². The molecule has 1 aliphatic heterocycles. The van der Waals surface area contributed by atoms with Crippen LogP contribution in [0.3, 0.4) is 0 Å². The van der Waals surface area contributed by atoms with Crippen molar-refractivity contribution in [3.05, 3.63) is 101 Å². The normalized spacial score (nSPS) is 13.5. The van der Waals surface area contributed by atoms with Crippen molar-refractivity contribution >= 4 is 5.91 Å². The highest BCUT2D eigenvalue weighted by Crippen LogP contribution is 2.37. The van der Waals surface area contributed by atoms with E-state index in [4.69, 9.17) is 9.47 Å². The number of ether oxygens (including phenoxy) is 2. The lowest BCUT2D eigenvalue weighted by atomic mass is 9.98. The Bertz CT molecular complexity index is 1390. The zero-order valence-corrected chi connectivity index (χ0v) is 19.4. The molecular formula is C28H25N3O4. The molecule has 1 aliphatic rings. The maximum Gasteiger partial charge on any atom is 0.267 e. The second-order valence-corrected chi connectivity index (χ2v) is 8.26. The van der Waals surface area contributed by atoms with E-state index in [1.54, 1.807) is 30.1 Å². The molecule has 35 heavy (non-hydrogen) atoms. The van der Waals surface area contributed by atoms with E-state index in [0.717, 1.165) is 11.1 Å². The predicted molar refractivity (Wildman–Crippen MR) is 134 cm³/mol. The van der Waals surface area contributed by atoms with Crippen LogP contribution in [-0.2, 0) is 11.8 Å². The molecule has 5 rings (SSSR count). The minimum atomic E-state index is -0.223. The van der Waals surface area contributed by atoms with Gasteiger partial charge in [0.05, 0.1) is 13.2 Å². The largest absolute Gasteiger partial charge is 0.457 e. The van der Waals surface area contributed by atoms with Gasteiger partial charge in [0, 0.05) is 42.9 Å². The molecule has 3 aromatic carbocycles. The molecule has 7 nitrogen and oxygen atoms in total. The number of rotatable bonds is 5. The monoisotopic (exact) mass is 467 g/mol.